The maximum Gasteiger partial charge on any atom is 0.416 e. The second-order valence-electron chi connectivity index (χ2n) is 8.73. The minimum atomic E-state index is -1.09. The molecule has 1 heterocycles. The van der Waals surface area contributed by atoms with Gasteiger partial charge < -0.3 is 19.9 Å². The SMILES string of the molecule is CC(C)[C@@H]1COC(=O)N1C(=O)[C@H]1CCCC[C@@H](NC(=O)OC(C)(C)C)[C@H]1O. The van der Waals surface area contributed by atoms with Gasteiger partial charge in [0.15, 0.2) is 0 Å². The summed E-state index contributed by atoms with van der Waals surface area (Å²) in [7, 11) is 0. The lowest BCUT2D eigenvalue weighted by Crippen LogP contribution is -2.53. The second-order valence-corrected chi connectivity index (χ2v) is 8.73. The van der Waals surface area contributed by atoms with Gasteiger partial charge in [0.1, 0.15) is 12.2 Å². The first-order chi connectivity index (χ1) is 12.5. The van der Waals surface area contributed by atoms with Crippen molar-refractivity contribution >= 4 is 18.1 Å². The minimum absolute atomic E-state index is 0.0546. The fraction of sp³-hybridized carbons (Fsp3) is 0.842. The molecule has 3 amide bonds. The highest BCUT2D eigenvalue weighted by atomic mass is 16.6. The molecule has 2 aliphatic rings. The summed E-state index contributed by atoms with van der Waals surface area (Å²) in [4.78, 5) is 38.4. The van der Waals surface area contributed by atoms with Gasteiger partial charge in [-0.1, -0.05) is 26.7 Å². The van der Waals surface area contributed by atoms with E-state index in [2.05, 4.69) is 5.32 Å². The number of cyclic esters (lactones) is 1. The molecule has 27 heavy (non-hydrogen) atoms. The zero-order valence-corrected chi connectivity index (χ0v) is 16.9. The lowest BCUT2D eigenvalue weighted by Gasteiger charge is -2.31. The largest absolute Gasteiger partial charge is 0.447 e. The monoisotopic (exact) mass is 384 g/mol. The molecule has 0 bridgehead atoms. The summed E-state index contributed by atoms with van der Waals surface area (Å²) in [6, 6.07) is -0.940. The number of ether oxygens (including phenoxy) is 2. The molecule has 0 aromatic heterocycles. The van der Waals surface area contributed by atoms with Crippen LogP contribution in [-0.4, -0.2) is 58.5 Å². The van der Waals surface area contributed by atoms with Crippen molar-refractivity contribution < 1.29 is 29.0 Å². The fourth-order valence-electron chi connectivity index (χ4n) is 3.60. The standard InChI is InChI=1S/C19H32N2O6/c1-11(2)14-10-26-18(25)21(14)16(23)12-8-6-7-9-13(15(12)22)20-17(24)27-19(3,4)5/h11-15,22H,6-10H2,1-5H3,(H,20,24)/t12-,13+,14-,15-/m0/s1. The van der Waals surface area contributed by atoms with Crippen LogP contribution in [0.1, 0.15) is 60.3 Å². The molecule has 2 rings (SSSR count). The molecule has 8 heteroatoms. The van der Waals surface area contributed by atoms with Crippen LogP contribution in [0, 0.1) is 11.8 Å². The molecule has 2 fully saturated rings. The van der Waals surface area contributed by atoms with Crippen LogP contribution in [0.15, 0.2) is 0 Å². The number of hydrogen-bond acceptors (Lipinski definition) is 6. The van der Waals surface area contributed by atoms with Gasteiger partial charge in [-0.05, 0) is 39.5 Å². The van der Waals surface area contributed by atoms with Crippen LogP contribution in [0.25, 0.3) is 0 Å². The van der Waals surface area contributed by atoms with E-state index in [9.17, 15) is 19.5 Å². The summed E-state index contributed by atoms with van der Waals surface area (Å²) in [5.74, 6) is -1.14. The number of nitrogens with zero attached hydrogens (tertiary/aromatic N) is 1. The molecule has 0 unspecified atom stereocenters. The number of carbonyl (C=O) groups excluding carboxylic acids is 3. The molecule has 0 aromatic rings. The molecule has 1 aliphatic carbocycles. The van der Waals surface area contributed by atoms with Gasteiger partial charge in [-0.15, -0.1) is 0 Å². The number of hydrogen-bond donors (Lipinski definition) is 2. The van der Waals surface area contributed by atoms with Crippen LogP contribution in [0.3, 0.4) is 0 Å². The maximum atomic E-state index is 13.1. The van der Waals surface area contributed by atoms with Gasteiger partial charge in [0.25, 0.3) is 0 Å². The molecule has 0 radical (unpaired) electrons. The van der Waals surface area contributed by atoms with Crippen LogP contribution in [0.4, 0.5) is 9.59 Å². The van der Waals surface area contributed by atoms with E-state index < -0.39 is 41.8 Å². The van der Waals surface area contributed by atoms with Gasteiger partial charge in [0.2, 0.25) is 5.91 Å². The third-order valence-electron chi connectivity index (χ3n) is 5.04. The smallest absolute Gasteiger partial charge is 0.416 e. The van der Waals surface area contributed by atoms with Crippen molar-refractivity contribution in [3.05, 3.63) is 0 Å². The fourth-order valence-corrected chi connectivity index (χ4v) is 3.60. The summed E-state index contributed by atoms with van der Waals surface area (Å²) in [6.45, 7) is 9.28. The van der Waals surface area contributed by atoms with Crippen molar-refractivity contribution in [1.82, 2.24) is 10.2 Å². The van der Waals surface area contributed by atoms with Crippen LogP contribution >= 0.6 is 0 Å². The molecule has 1 saturated carbocycles. The predicted molar refractivity (Wildman–Crippen MR) is 97.9 cm³/mol. The number of imide groups is 1. The van der Waals surface area contributed by atoms with E-state index >= 15 is 0 Å². The Bertz CT molecular complexity index is 571. The van der Waals surface area contributed by atoms with Crippen molar-refractivity contribution in [3.8, 4) is 0 Å². The lowest BCUT2D eigenvalue weighted by molar-refractivity contribution is -0.138. The molecule has 154 valence electrons. The first kappa shape index (κ1) is 21.5. The zero-order valence-electron chi connectivity index (χ0n) is 16.9. The Hall–Kier alpha value is -1.83. The second kappa shape index (κ2) is 8.46. The number of aliphatic hydroxyl groups excluding tert-OH is 1. The van der Waals surface area contributed by atoms with Crippen LogP contribution in [0.2, 0.25) is 0 Å². The summed E-state index contributed by atoms with van der Waals surface area (Å²) < 4.78 is 10.3. The number of nitrogens with one attached hydrogen (secondary N) is 1. The summed E-state index contributed by atoms with van der Waals surface area (Å²) in [5.41, 5.74) is -0.654. The quantitative estimate of drug-likeness (QED) is 0.724. The first-order valence-electron chi connectivity index (χ1n) is 9.68. The molecule has 2 N–H and O–H groups in total. The number of rotatable bonds is 3. The first-order valence-corrected chi connectivity index (χ1v) is 9.68. The van der Waals surface area contributed by atoms with E-state index in [1.54, 1.807) is 20.8 Å². The number of carbonyl (C=O) groups is 3. The lowest BCUT2D eigenvalue weighted by atomic mass is 9.91. The van der Waals surface area contributed by atoms with E-state index in [-0.39, 0.29) is 18.6 Å². The molecular formula is C19H32N2O6. The Morgan fingerprint density at radius 3 is 2.48 bits per heavy atom. The van der Waals surface area contributed by atoms with Crippen molar-refractivity contribution in [2.45, 2.75) is 84.1 Å². The van der Waals surface area contributed by atoms with E-state index in [1.807, 2.05) is 13.8 Å². The highest BCUT2D eigenvalue weighted by Gasteiger charge is 2.45. The third kappa shape index (κ3) is 5.34. The molecule has 4 atom stereocenters. The van der Waals surface area contributed by atoms with E-state index in [4.69, 9.17) is 9.47 Å². The van der Waals surface area contributed by atoms with Crippen LogP contribution < -0.4 is 5.32 Å². The number of amides is 3. The van der Waals surface area contributed by atoms with Crippen molar-refractivity contribution in [2.75, 3.05) is 6.61 Å². The normalized spacial score (nSPS) is 29.3. The third-order valence-corrected chi connectivity index (χ3v) is 5.04. The van der Waals surface area contributed by atoms with Gasteiger partial charge in [-0.25, -0.2) is 14.5 Å². The van der Waals surface area contributed by atoms with Crippen molar-refractivity contribution in [3.63, 3.8) is 0 Å². The summed E-state index contributed by atoms with van der Waals surface area (Å²) in [6.07, 6.45) is 0.124. The van der Waals surface area contributed by atoms with Crippen LogP contribution in [-0.2, 0) is 14.3 Å². The molecular weight excluding hydrogens is 352 g/mol. The van der Waals surface area contributed by atoms with Crippen molar-refractivity contribution in [2.24, 2.45) is 11.8 Å². The molecule has 0 spiro atoms. The average molecular weight is 384 g/mol. The van der Waals surface area contributed by atoms with Gasteiger partial charge >= 0.3 is 12.2 Å². The zero-order chi connectivity index (χ0) is 20.4. The Morgan fingerprint density at radius 1 is 1.26 bits per heavy atom. The highest BCUT2D eigenvalue weighted by Crippen LogP contribution is 2.30. The highest BCUT2D eigenvalue weighted by molar-refractivity contribution is 5.95. The Morgan fingerprint density at radius 2 is 1.89 bits per heavy atom. The Labute approximate surface area is 160 Å². The van der Waals surface area contributed by atoms with Gasteiger partial charge in [0, 0.05) is 0 Å². The topological polar surface area (TPSA) is 105 Å². The number of alkyl carbamates (subject to hydrolysis) is 1. The molecule has 0 aromatic carbocycles. The minimum Gasteiger partial charge on any atom is -0.447 e. The maximum absolute atomic E-state index is 13.1. The molecule has 1 saturated heterocycles. The molecule has 8 nitrogen and oxygen atoms in total. The van der Waals surface area contributed by atoms with E-state index in [1.165, 1.54) is 0 Å². The van der Waals surface area contributed by atoms with Crippen molar-refractivity contribution in [1.29, 1.82) is 0 Å². The van der Waals surface area contributed by atoms with Crippen LogP contribution in [0.5, 0.6) is 0 Å². The van der Waals surface area contributed by atoms with Gasteiger partial charge in [0.05, 0.1) is 24.1 Å². The summed E-state index contributed by atoms with van der Waals surface area (Å²) >= 11 is 0. The summed E-state index contributed by atoms with van der Waals surface area (Å²) in [5, 5.41) is 13.5. The average Bonchev–Trinajstić information content (AvgIpc) is 2.83. The Balaban J connectivity index is 2.12. The number of aliphatic hydroxyl groups is 1. The van der Waals surface area contributed by atoms with Gasteiger partial charge in [-0.3, -0.25) is 4.79 Å². The van der Waals surface area contributed by atoms with E-state index in [0.717, 1.165) is 17.7 Å². The van der Waals surface area contributed by atoms with Gasteiger partial charge in [-0.2, -0.15) is 0 Å². The predicted octanol–water partition coefficient (Wildman–Crippen LogP) is 2.43. The van der Waals surface area contributed by atoms with E-state index in [0.29, 0.717) is 12.8 Å². The Kier molecular flexibility index (Phi) is 6.72. The molecule has 1 aliphatic heterocycles.